The van der Waals surface area contributed by atoms with Gasteiger partial charge in [0.15, 0.2) is 13.2 Å². The van der Waals surface area contributed by atoms with Crippen molar-refractivity contribution >= 4 is 137 Å². The second-order valence-electron chi connectivity index (χ2n) is 6.67. The van der Waals surface area contributed by atoms with Crippen molar-refractivity contribution in [2.45, 2.75) is 11.8 Å². The number of phenolic OH excluding ortho intramolecular Hbond substituents is 1. The highest BCUT2D eigenvalue weighted by atomic mass is 127. The monoisotopic (exact) mass is 1100 g/mol. The molecular formula is C20H9F4I5O9-2. The smallest absolute Gasteiger partial charge is 0.342 e. The topological polar surface area (TPSA) is 153 Å². The number of carboxylic acid groups (broad SMARTS) is 2. The zero-order valence-corrected chi connectivity index (χ0v) is 28.6. The predicted molar refractivity (Wildman–Crippen MR) is 159 cm³/mol. The number of benzene rings is 2. The molecule has 0 aliphatic heterocycles. The predicted octanol–water partition coefficient (Wildman–Crippen LogP) is 3.19. The number of esters is 2. The van der Waals surface area contributed by atoms with Crippen LogP contribution in [0.3, 0.4) is 0 Å². The van der Waals surface area contributed by atoms with Crippen LogP contribution in [0.4, 0.5) is 17.6 Å². The molecule has 0 amide bonds. The highest BCUT2D eigenvalue weighted by Gasteiger charge is 2.34. The van der Waals surface area contributed by atoms with E-state index in [9.17, 15) is 52.1 Å². The molecule has 38 heavy (non-hydrogen) atoms. The van der Waals surface area contributed by atoms with E-state index < -0.39 is 54.7 Å². The lowest BCUT2D eigenvalue weighted by Crippen LogP contribution is -2.45. The van der Waals surface area contributed by atoms with Crippen LogP contribution >= 0.6 is 113 Å². The Kier molecular flexibility index (Phi) is 14.0. The van der Waals surface area contributed by atoms with Crippen LogP contribution in [0, 0.1) is 17.9 Å². The first-order valence-corrected chi connectivity index (χ1v) is 14.5. The Bertz CT molecular complexity index is 1160. The van der Waals surface area contributed by atoms with E-state index in [-0.39, 0.29) is 11.1 Å². The first-order chi connectivity index (χ1) is 17.3. The van der Waals surface area contributed by atoms with Gasteiger partial charge >= 0.3 is 23.8 Å². The first kappa shape index (κ1) is 35.5. The van der Waals surface area contributed by atoms with Gasteiger partial charge in [-0.05, 0) is 137 Å². The molecule has 0 radical (unpaired) electrons. The number of carbonyl (C=O) groups excluding carboxylic acids is 4. The summed E-state index contributed by atoms with van der Waals surface area (Å²) in [6.07, 6.45) is 0. The minimum atomic E-state index is -4.28. The maximum absolute atomic E-state index is 12.7. The van der Waals surface area contributed by atoms with Crippen LogP contribution in [0.15, 0.2) is 24.3 Å². The molecule has 18 heteroatoms. The number of halogens is 9. The van der Waals surface area contributed by atoms with Gasteiger partial charge in [-0.15, -0.1) is 0 Å². The van der Waals surface area contributed by atoms with Gasteiger partial charge in [-0.1, -0.05) is 0 Å². The van der Waals surface area contributed by atoms with Crippen molar-refractivity contribution in [3.63, 3.8) is 0 Å². The summed E-state index contributed by atoms with van der Waals surface area (Å²) in [5.41, 5.74) is -0.198. The fourth-order valence-corrected chi connectivity index (χ4v) is 6.23. The molecule has 0 aliphatic carbocycles. The van der Waals surface area contributed by atoms with Crippen molar-refractivity contribution in [2.75, 3.05) is 13.2 Å². The van der Waals surface area contributed by atoms with E-state index in [1.54, 1.807) is 34.7 Å². The molecule has 0 heterocycles. The van der Waals surface area contributed by atoms with Gasteiger partial charge in [0.05, 0.1) is 9.13 Å². The van der Waals surface area contributed by atoms with E-state index >= 15 is 0 Å². The number of alkyl halides is 4. The van der Waals surface area contributed by atoms with Gasteiger partial charge in [-0.25, -0.2) is 9.59 Å². The SMILES string of the molecule is O=C(OCC(F)(F)C(=O)[O-])c1cc(I)cc(I)c1I.O=C(OCC(F)(F)C(=O)[O-])c1cc(I)cc(I)c1O. The van der Waals surface area contributed by atoms with Crippen molar-refractivity contribution in [3.8, 4) is 5.75 Å². The minimum Gasteiger partial charge on any atom is -0.544 e. The van der Waals surface area contributed by atoms with Crippen LogP contribution in [0.5, 0.6) is 5.75 Å². The molecule has 2 rings (SSSR count). The minimum absolute atomic E-state index is 0.117. The molecule has 0 aliphatic rings. The lowest BCUT2D eigenvalue weighted by Gasteiger charge is -2.17. The van der Waals surface area contributed by atoms with Crippen molar-refractivity contribution in [1.29, 1.82) is 0 Å². The maximum atomic E-state index is 12.7. The van der Waals surface area contributed by atoms with Gasteiger partial charge in [0.25, 0.3) is 0 Å². The quantitative estimate of drug-likeness (QED) is 0.182. The fourth-order valence-electron chi connectivity index (χ4n) is 2.01. The highest BCUT2D eigenvalue weighted by molar-refractivity contribution is 14.1. The Hall–Kier alpha value is -0.510. The number of carbonyl (C=O) groups is 4. The van der Waals surface area contributed by atoms with Crippen LogP contribution in [-0.2, 0) is 19.1 Å². The van der Waals surface area contributed by atoms with E-state index in [0.717, 1.165) is 7.14 Å². The molecule has 0 spiro atoms. The van der Waals surface area contributed by atoms with Crippen LogP contribution in [0.2, 0.25) is 0 Å². The Morgan fingerprint density at radius 3 is 1.50 bits per heavy atom. The Morgan fingerprint density at radius 2 is 1.08 bits per heavy atom. The van der Waals surface area contributed by atoms with Crippen LogP contribution in [0.1, 0.15) is 20.7 Å². The molecule has 208 valence electrons. The third-order valence-electron chi connectivity index (χ3n) is 3.83. The molecule has 1 N–H and O–H groups in total. The summed E-state index contributed by atoms with van der Waals surface area (Å²) in [6, 6.07) is 6.07. The Balaban J connectivity index is 0.000000380. The second-order valence-corrected chi connectivity index (χ2v) is 12.6. The summed E-state index contributed by atoms with van der Waals surface area (Å²) in [5.74, 6) is -16.3. The fraction of sp³-hybridized carbons (Fsp3) is 0.200. The normalized spacial score (nSPS) is 11.2. The van der Waals surface area contributed by atoms with E-state index in [1.807, 2.05) is 90.4 Å². The average Bonchev–Trinajstić information content (AvgIpc) is 2.80. The molecule has 2 aromatic carbocycles. The molecule has 9 nitrogen and oxygen atoms in total. The molecule has 0 unspecified atom stereocenters. The number of carboxylic acids is 2. The van der Waals surface area contributed by atoms with Crippen LogP contribution in [-0.4, -0.2) is 54.0 Å². The molecule has 0 saturated carbocycles. The first-order valence-electron chi connectivity index (χ1n) is 9.15. The largest absolute Gasteiger partial charge is 0.544 e. The molecule has 0 fully saturated rings. The lowest BCUT2D eigenvalue weighted by molar-refractivity contribution is -0.332. The standard InChI is InChI=1S/C10H5F2I3O4.C10H6F2I2O5/c2*11-10(12,9(17)18)3-19-8(16)5-1-4(13)2-6(14)7(5)15/h1-2H,3H2,(H,17,18);1-2,15H,3H2,(H,17,18)/p-2. The van der Waals surface area contributed by atoms with Crippen molar-refractivity contribution in [2.24, 2.45) is 0 Å². The third-order valence-corrected chi connectivity index (χ3v) is 8.94. The summed E-state index contributed by atoms with van der Waals surface area (Å²) in [5, 5.41) is 29.7. The molecule has 2 aromatic rings. The van der Waals surface area contributed by atoms with Crippen molar-refractivity contribution in [1.82, 2.24) is 0 Å². The maximum Gasteiger partial charge on any atom is 0.342 e. The van der Waals surface area contributed by atoms with Gasteiger partial charge in [-0.3, -0.25) is 0 Å². The summed E-state index contributed by atoms with van der Waals surface area (Å²) in [7, 11) is 0. The lowest BCUT2D eigenvalue weighted by atomic mass is 10.2. The van der Waals surface area contributed by atoms with Gasteiger partial charge in [-0.2, -0.15) is 17.6 Å². The summed E-state index contributed by atoms with van der Waals surface area (Å²) < 4.78 is 62.3. The van der Waals surface area contributed by atoms with Gasteiger partial charge < -0.3 is 34.4 Å². The highest BCUT2D eigenvalue weighted by Crippen LogP contribution is 2.28. The van der Waals surface area contributed by atoms with Crippen molar-refractivity contribution < 1.29 is 61.5 Å². The molecule has 0 bridgehead atoms. The van der Waals surface area contributed by atoms with Gasteiger partial charge in [0, 0.05) is 14.3 Å². The zero-order chi connectivity index (χ0) is 29.6. The van der Waals surface area contributed by atoms with E-state index in [4.69, 9.17) is 0 Å². The van der Waals surface area contributed by atoms with E-state index in [1.165, 1.54) is 12.1 Å². The van der Waals surface area contributed by atoms with Crippen LogP contribution in [0.25, 0.3) is 0 Å². The van der Waals surface area contributed by atoms with Crippen LogP contribution < -0.4 is 10.2 Å². The molecule has 0 aromatic heterocycles. The van der Waals surface area contributed by atoms with Gasteiger partial charge in [0.2, 0.25) is 0 Å². The average molecular weight is 1100 g/mol. The summed E-state index contributed by atoms with van der Waals surface area (Å²) in [4.78, 5) is 43.3. The summed E-state index contributed by atoms with van der Waals surface area (Å²) in [6.45, 7) is -3.21. The zero-order valence-electron chi connectivity index (χ0n) is 17.8. The molecule has 0 atom stereocenters. The third kappa shape index (κ3) is 10.5. The molecule has 0 saturated heterocycles. The number of aromatic hydroxyl groups is 1. The van der Waals surface area contributed by atoms with Gasteiger partial charge in [0.1, 0.15) is 23.3 Å². The number of hydrogen-bond acceptors (Lipinski definition) is 9. The van der Waals surface area contributed by atoms with Crippen molar-refractivity contribution in [3.05, 3.63) is 53.2 Å². The Labute approximate surface area is 279 Å². The number of rotatable bonds is 8. The van der Waals surface area contributed by atoms with E-state index in [0.29, 0.717) is 10.7 Å². The molecular weight excluding hydrogens is 1090 g/mol. The Morgan fingerprint density at radius 1 is 0.711 bits per heavy atom. The number of ether oxygens (including phenoxy) is 2. The van der Waals surface area contributed by atoms with E-state index in [2.05, 4.69) is 9.47 Å². The second kappa shape index (κ2) is 14.9. The summed E-state index contributed by atoms with van der Waals surface area (Å²) >= 11 is 9.45. The number of phenols is 1. The number of aliphatic carboxylic acids is 2. The number of hydrogen-bond donors (Lipinski definition) is 1.